The molecule has 0 aromatic heterocycles. The molecule has 13 heteroatoms. The van der Waals surface area contributed by atoms with Crippen LogP contribution in [0.25, 0.3) is 0 Å². The van der Waals surface area contributed by atoms with E-state index >= 15 is 0 Å². The second-order valence-electron chi connectivity index (χ2n) is 10.3. The minimum atomic E-state index is -1.32. The first-order chi connectivity index (χ1) is 19.7. The van der Waals surface area contributed by atoms with Gasteiger partial charge in [0, 0.05) is 43.9 Å². The van der Waals surface area contributed by atoms with Crippen LogP contribution < -0.4 is 16.4 Å². The molecule has 0 fully saturated rings. The second-order valence-corrected chi connectivity index (χ2v) is 10.3. The number of hydrogen-bond acceptors (Lipinski definition) is 8. The van der Waals surface area contributed by atoms with Crippen molar-refractivity contribution in [1.29, 1.82) is 0 Å². The lowest BCUT2D eigenvalue weighted by Gasteiger charge is -2.24. The Morgan fingerprint density at radius 1 is 0.714 bits per heavy atom. The van der Waals surface area contributed by atoms with Crippen molar-refractivity contribution in [3.05, 3.63) is 35.9 Å². The zero-order valence-corrected chi connectivity index (χ0v) is 23.8. The zero-order valence-electron chi connectivity index (χ0n) is 23.8. The predicted octanol–water partition coefficient (Wildman–Crippen LogP) is 0.954. The Morgan fingerprint density at radius 2 is 1.24 bits per heavy atom. The molecule has 0 radical (unpaired) electrons. The number of carboxylic acids is 2. The molecule has 0 heterocycles. The summed E-state index contributed by atoms with van der Waals surface area (Å²) in [7, 11) is 0. The quantitative estimate of drug-likeness (QED) is 0.136. The maximum Gasteiger partial charge on any atom is 0.303 e. The zero-order chi connectivity index (χ0) is 31.8. The van der Waals surface area contributed by atoms with E-state index < -0.39 is 84.4 Å². The van der Waals surface area contributed by atoms with Gasteiger partial charge >= 0.3 is 11.9 Å². The lowest BCUT2D eigenvalue weighted by molar-refractivity contribution is -0.138. The molecule has 1 rings (SSSR count). The molecule has 0 aliphatic heterocycles. The van der Waals surface area contributed by atoms with Crippen molar-refractivity contribution in [3.63, 3.8) is 0 Å². The third-order valence-corrected chi connectivity index (χ3v) is 6.59. The van der Waals surface area contributed by atoms with Crippen LogP contribution in [-0.4, -0.2) is 69.3 Å². The first kappa shape index (κ1) is 35.6. The standard InChI is InChI=1S/C29H39N3O10/c1-17(33)14-21(15-19-6-4-3-5-7-19)29(42)32-23(10-13-27(39)40)24(35)16-20(8-11-25(30)36)28(41)31-22(18(2)34)9-12-26(37)38/h3-7,20-23H,8-16H2,1-2H3,(H2,30,36)(H,31,41)(H,32,42)(H,37,38)(H,39,40)/t20-,21+,22+,23+/m1/s1. The molecule has 0 aliphatic carbocycles. The molecule has 0 saturated heterocycles. The number of ketones is 3. The molecule has 1 aromatic rings. The Bertz CT molecular complexity index is 1150. The highest BCUT2D eigenvalue weighted by molar-refractivity contribution is 5.95. The molecule has 13 nitrogen and oxygen atoms in total. The normalized spacial score (nSPS) is 13.6. The van der Waals surface area contributed by atoms with Gasteiger partial charge in [0.2, 0.25) is 17.7 Å². The Labute approximate surface area is 243 Å². The number of benzene rings is 1. The van der Waals surface area contributed by atoms with Gasteiger partial charge in [-0.05, 0) is 45.1 Å². The van der Waals surface area contributed by atoms with Gasteiger partial charge in [-0.3, -0.25) is 33.6 Å². The van der Waals surface area contributed by atoms with Gasteiger partial charge in [-0.1, -0.05) is 30.3 Å². The molecule has 1 aromatic carbocycles. The highest BCUT2D eigenvalue weighted by Crippen LogP contribution is 2.18. The Kier molecular flexibility index (Phi) is 15.3. The summed E-state index contributed by atoms with van der Waals surface area (Å²) in [5.41, 5.74) is 6.00. The van der Waals surface area contributed by atoms with E-state index in [4.69, 9.17) is 10.8 Å². The third kappa shape index (κ3) is 14.3. The summed E-state index contributed by atoms with van der Waals surface area (Å²) in [5.74, 6) is -8.07. The summed E-state index contributed by atoms with van der Waals surface area (Å²) < 4.78 is 0. The fourth-order valence-electron chi connectivity index (χ4n) is 4.34. The molecule has 6 N–H and O–H groups in total. The first-order valence-electron chi connectivity index (χ1n) is 13.6. The van der Waals surface area contributed by atoms with E-state index in [1.54, 1.807) is 30.3 Å². The summed E-state index contributed by atoms with van der Waals surface area (Å²) >= 11 is 0. The highest BCUT2D eigenvalue weighted by atomic mass is 16.4. The topological polar surface area (TPSA) is 227 Å². The molecule has 0 bridgehead atoms. The van der Waals surface area contributed by atoms with Crippen molar-refractivity contribution >= 4 is 47.0 Å². The number of nitrogens with one attached hydrogen (secondary N) is 2. The number of carboxylic acid groups (broad SMARTS) is 2. The Morgan fingerprint density at radius 3 is 1.74 bits per heavy atom. The lowest BCUT2D eigenvalue weighted by atomic mass is 9.90. The van der Waals surface area contributed by atoms with Crippen LogP contribution in [0.1, 0.15) is 70.8 Å². The second kappa shape index (κ2) is 18.1. The van der Waals surface area contributed by atoms with Crippen LogP contribution in [0.4, 0.5) is 0 Å². The molecule has 230 valence electrons. The van der Waals surface area contributed by atoms with Crippen LogP contribution in [0, 0.1) is 11.8 Å². The van der Waals surface area contributed by atoms with E-state index in [-0.39, 0.29) is 44.3 Å². The Balaban J connectivity index is 3.17. The van der Waals surface area contributed by atoms with Crippen LogP contribution in [-0.2, 0) is 44.8 Å². The summed E-state index contributed by atoms with van der Waals surface area (Å²) in [6.45, 7) is 2.49. The van der Waals surface area contributed by atoms with Crippen molar-refractivity contribution in [1.82, 2.24) is 10.6 Å². The molecule has 42 heavy (non-hydrogen) atoms. The van der Waals surface area contributed by atoms with Crippen LogP contribution in [0.15, 0.2) is 30.3 Å². The molecular weight excluding hydrogens is 550 g/mol. The van der Waals surface area contributed by atoms with Gasteiger partial charge in [0.15, 0.2) is 11.6 Å². The fourth-order valence-corrected chi connectivity index (χ4v) is 4.34. The SMILES string of the molecule is CC(=O)C[C@@H](Cc1ccccc1)C(=O)N[C@@H](CCC(=O)O)C(=O)C[C@@H](CCC(N)=O)C(=O)N[C@@H](CCC(=O)O)C(C)=O. The van der Waals surface area contributed by atoms with Crippen molar-refractivity contribution in [2.45, 2.75) is 83.7 Å². The van der Waals surface area contributed by atoms with Crippen molar-refractivity contribution in [2.24, 2.45) is 17.6 Å². The van der Waals surface area contributed by atoms with Gasteiger partial charge in [-0.2, -0.15) is 0 Å². The van der Waals surface area contributed by atoms with E-state index in [1.165, 1.54) is 13.8 Å². The number of aliphatic carboxylic acids is 2. The molecule has 0 unspecified atom stereocenters. The summed E-state index contributed by atoms with van der Waals surface area (Å²) in [6, 6.07) is 6.42. The maximum atomic E-state index is 13.4. The largest absolute Gasteiger partial charge is 0.481 e. The average molecular weight is 590 g/mol. The van der Waals surface area contributed by atoms with Gasteiger partial charge < -0.3 is 31.4 Å². The fraction of sp³-hybridized carbons (Fsp3) is 0.517. The molecule has 0 saturated carbocycles. The minimum Gasteiger partial charge on any atom is -0.481 e. The highest BCUT2D eigenvalue weighted by Gasteiger charge is 2.32. The number of amides is 3. The van der Waals surface area contributed by atoms with E-state index in [9.17, 15) is 43.5 Å². The molecule has 0 aliphatic rings. The van der Waals surface area contributed by atoms with E-state index in [2.05, 4.69) is 10.6 Å². The molecule has 4 atom stereocenters. The van der Waals surface area contributed by atoms with Crippen LogP contribution >= 0.6 is 0 Å². The number of Topliss-reactive ketones (excluding diaryl/α,β-unsaturated/α-hetero) is 3. The third-order valence-electron chi connectivity index (χ3n) is 6.59. The summed E-state index contributed by atoms with van der Waals surface area (Å²) in [5, 5.41) is 23.1. The van der Waals surface area contributed by atoms with Gasteiger partial charge in [0.05, 0.1) is 12.1 Å². The number of hydrogen-bond donors (Lipinski definition) is 5. The predicted molar refractivity (Wildman–Crippen MR) is 149 cm³/mol. The lowest BCUT2D eigenvalue weighted by Crippen LogP contribution is -2.47. The average Bonchev–Trinajstić information content (AvgIpc) is 2.90. The van der Waals surface area contributed by atoms with E-state index in [0.29, 0.717) is 0 Å². The van der Waals surface area contributed by atoms with Gasteiger partial charge in [-0.25, -0.2) is 0 Å². The number of nitrogens with two attached hydrogens (primary N) is 1. The van der Waals surface area contributed by atoms with Crippen molar-refractivity contribution in [3.8, 4) is 0 Å². The van der Waals surface area contributed by atoms with Crippen molar-refractivity contribution < 1.29 is 48.6 Å². The number of rotatable bonds is 21. The summed E-state index contributed by atoms with van der Waals surface area (Å²) in [4.78, 5) is 97.2. The van der Waals surface area contributed by atoms with E-state index in [0.717, 1.165) is 5.56 Å². The molecule has 3 amide bonds. The van der Waals surface area contributed by atoms with Gasteiger partial charge in [-0.15, -0.1) is 0 Å². The van der Waals surface area contributed by atoms with Crippen LogP contribution in [0.3, 0.4) is 0 Å². The molecule has 0 spiro atoms. The first-order valence-corrected chi connectivity index (χ1v) is 13.6. The maximum absolute atomic E-state index is 13.4. The van der Waals surface area contributed by atoms with E-state index in [1.807, 2.05) is 0 Å². The van der Waals surface area contributed by atoms with Gasteiger partial charge in [0.1, 0.15) is 5.78 Å². The molecular formula is C29H39N3O10. The van der Waals surface area contributed by atoms with Crippen LogP contribution in [0.2, 0.25) is 0 Å². The monoisotopic (exact) mass is 589 g/mol. The van der Waals surface area contributed by atoms with Crippen LogP contribution in [0.5, 0.6) is 0 Å². The Hall–Kier alpha value is -4.42. The number of primary amides is 1. The summed E-state index contributed by atoms with van der Waals surface area (Å²) in [6.07, 6.45) is -2.28. The minimum absolute atomic E-state index is 0.118. The van der Waals surface area contributed by atoms with Crippen molar-refractivity contribution in [2.75, 3.05) is 0 Å². The number of carbonyl (C=O) groups excluding carboxylic acids is 6. The van der Waals surface area contributed by atoms with Gasteiger partial charge in [0.25, 0.3) is 0 Å². The smallest absolute Gasteiger partial charge is 0.303 e. The number of carbonyl (C=O) groups is 8.